The summed E-state index contributed by atoms with van der Waals surface area (Å²) in [6.45, 7) is 5.33. The second-order valence-electron chi connectivity index (χ2n) is 5.86. The topological polar surface area (TPSA) is 62.3 Å². The largest absolute Gasteiger partial charge is 0.372 e. The van der Waals surface area contributed by atoms with Gasteiger partial charge in [-0.2, -0.15) is 4.31 Å². The first kappa shape index (κ1) is 15.7. The van der Waals surface area contributed by atoms with E-state index in [1.165, 1.54) is 0 Å². The molecule has 0 bridgehead atoms. The highest BCUT2D eigenvalue weighted by Gasteiger charge is 2.35. The van der Waals surface area contributed by atoms with E-state index in [1.807, 2.05) is 0 Å². The Morgan fingerprint density at radius 3 is 2.75 bits per heavy atom. The van der Waals surface area contributed by atoms with Crippen molar-refractivity contribution in [2.24, 2.45) is 5.41 Å². The molecule has 1 saturated heterocycles. The fourth-order valence-corrected chi connectivity index (χ4v) is 4.84. The zero-order valence-electron chi connectivity index (χ0n) is 12.0. The molecule has 0 amide bonds. The van der Waals surface area contributed by atoms with E-state index in [-0.39, 0.29) is 10.3 Å². The lowest BCUT2D eigenvalue weighted by molar-refractivity contribution is 0.187. The van der Waals surface area contributed by atoms with Gasteiger partial charge in [0.2, 0.25) is 10.0 Å². The van der Waals surface area contributed by atoms with E-state index in [4.69, 9.17) is 0 Å². The molecule has 1 N–H and O–H groups in total. The van der Waals surface area contributed by atoms with Crippen LogP contribution in [0.4, 0.5) is 5.82 Å². The van der Waals surface area contributed by atoms with Crippen molar-refractivity contribution in [3.63, 3.8) is 0 Å². The van der Waals surface area contributed by atoms with Gasteiger partial charge in [-0.1, -0.05) is 13.8 Å². The number of piperidine rings is 1. The standard InChI is InChI=1S/C13H20BrN3O2S/c1-13(2)5-4-6-17(9-13)20(18,19)11-7-10(14)8-16-12(11)15-3/h7-8H,4-6,9H2,1-3H3,(H,15,16). The summed E-state index contributed by atoms with van der Waals surface area (Å²) in [4.78, 5) is 4.36. The third-order valence-corrected chi connectivity index (χ3v) is 5.83. The van der Waals surface area contributed by atoms with Gasteiger partial charge >= 0.3 is 0 Å². The summed E-state index contributed by atoms with van der Waals surface area (Å²) in [5.74, 6) is 0.386. The lowest BCUT2D eigenvalue weighted by Gasteiger charge is -2.37. The molecular weight excluding hydrogens is 342 g/mol. The molecule has 5 nitrogen and oxygen atoms in total. The average molecular weight is 362 g/mol. The zero-order valence-corrected chi connectivity index (χ0v) is 14.4. The number of nitrogens with zero attached hydrogens (tertiary/aromatic N) is 2. The summed E-state index contributed by atoms with van der Waals surface area (Å²) in [5.41, 5.74) is 0.0184. The van der Waals surface area contributed by atoms with Gasteiger partial charge in [0, 0.05) is 30.8 Å². The van der Waals surface area contributed by atoms with Crippen molar-refractivity contribution < 1.29 is 8.42 Å². The highest BCUT2D eigenvalue weighted by atomic mass is 79.9. The molecule has 1 aliphatic rings. The van der Waals surface area contributed by atoms with Crippen LogP contribution in [0.3, 0.4) is 0 Å². The Bertz CT molecular complexity index is 602. The molecule has 0 saturated carbocycles. The van der Waals surface area contributed by atoms with E-state index in [2.05, 4.69) is 40.1 Å². The number of anilines is 1. The van der Waals surface area contributed by atoms with Gasteiger partial charge in [0.1, 0.15) is 10.7 Å². The van der Waals surface area contributed by atoms with Crippen molar-refractivity contribution in [2.45, 2.75) is 31.6 Å². The van der Waals surface area contributed by atoms with Crippen molar-refractivity contribution in [3.05, 3.63) is 16.7 Å². The molecule has 20 heavy (non-hydrogen) atoms. The lowest BCUT2D eigenvalue weighted by atomic mass is 9.85. The summed E-state index contributed by atoms with van der Waals surface area (Å²) >= 11 is 3.29. The first-order valence-corrected chi connectivity index (χ1v) is 8.83. The number of hydrogen-bond acceptors (Lipinski definition) is 4. The van der Waals surface area contributed by atoms with Crippen LogP contribution >= 0.6 is 15.9 Å². The van der Waals surface area contributed by atoms with Gasteiger partial charge in [-0.3, -0.25) is 0 Å². The predicted octanol–water partition coefficient (Wildman–Crippen LogP) is 2.70. The van der Waals surface area contributed by atoms with Gasteiger partial charge in [-0.25, -0.2) is 13.4 Å². The Labute approximate surface area is 129 Å². The van der Waals surface area contributed by atoms with Crippen LogP contribution in [0, 0.1) is 5.41 Å². The van der Waals surface area contributed by atoms with E-state index in [0.717, 1.165) is 12.8 Å². The quantitative estimate of drug-likeness (QED) is 0.898. The second-order valence-corrected chi connectivity index (χ2v) is 8.68. The summed E-state index contributed by atoms with van der Waals surface area (Å²) in [6, 6.07) is 1.61. The summed E-state index contributed by atoms with van der Waals surface area (Å²) in [5, 5.41) is 2.85. The van der Waals surface area contributed by atoms with Crippen molar-refractivity contribution in [2.75, 3.05) is 25.5 Å². The van der Waals surface area contributed by atoms with Crippen LogP contribution in [0.15, 0.2) is 21.6 Å². The number of nitrogens with one attached hydrogen (secondary N) is 1. The van der Waals surface area contributed by atoms with Crippen LogP contribution in [0.2, 0.25) is 0 Å². The fraction of sp³-hybridized carbons (Fsp3) is 0.615. The molecule has 2 rings (SSSR count). The van der Waals surface area contributed by atoms with Crippen molar-refractivity contribution >= 4 is 31.8 Å². The Morgan fingerprint density at radius 1 is 1.45 bits per heavy atom. The number of hydrogen-bond donors (Lipinski definition) is 1. The molecule has 1 fully saturated rings. The third-order valence-electron chi connectivity index (χ3n) is 3.54. The van der Waals surface area contributed by atoms with E-state index >= 15 is 0 Å². The Kier molecular flexibility index (Phi) is 4.41. The maximum absolute atomic E-state index is 12.8. The maximum Gasteiger partial charge on any atom is 0.246 e. The van der Waals surface area contributed by atoms with E-state index in [1.54, 1.807) is 23.6 Å². The molecule has 2 heterocycles. The van der Waals surface area contributed by atoms with Crippen LogP contribution in [0.25, 0.3) is 0 Å². The van der Waals surface area contributed by atoms with Crippen molar-refractivity contribution in [3.8, 4) is 0 Å². The normalized spacial score (nSPS) is 19.8. The Morgan fingerprint density at radius 2 is 2.15 bits per heavy atom. The van der Waals surface area contributed by atoms with Crippen LogP contribution in [-0.2, 0) is 10.0 Å². The van der Waals surface area contributed by atoms with E-state index < -0.39 is 10.0 Å². The third kappa shape index (κ3) is 3.15. The van der Waals surface area contributed by atoms with Gasteiger partial charge < -0.3 is 5.32 Å². The van der Waals surface area contributed by atoms with E-state index in [9.17, 15) is 8.42 Å². The van der Waals surface area contributed by atoms with Crippen LogP contribution < -0.4 is 5.32 Å². The van der Waals surface area contributed by atoms with Crippen LogP contribution in [-0.4, -0.2) is 37.8 Å². The maximum atomic E-state index is 12.8. The van der Waals surface area contributed by atoms with Gasteiger partial charge in [0.15, 0.2) is 0 Å². The summed E-state index contributed by atoms with van der Waals surface area (Å²) in [7, 11) is -1.84. The van der Waals surface area contributed by atoms with Crippen molar-refractivity contribution in [1.82, 2.24) is 9.29 Å². The predicted molar refractivity (Wildman–Crippen MR) is 83.3 cm³/mol. The SMILES string of the molecule is CNc1ncc(Br)cc1S(=O)(=O)N1CCCC(C)(C)C1. The molecule has 7 heteroatoms. The van der Waals surface area contributed by atoms with Gasteiger partial charge in [0.25, 0.3) is 0 Å². The number of sulfonamides is 1. The fourth-order valence-electron chi connectivity index (χ4n) is 2.52. The minimum atomic E-state index is -3.52. The summed E-state index contributed by atoms with van der Waals surface area (Å²) in [6.07, 6.45) is 3.53. The van der Waals surface area contributed by atoms with Crippen LogP contribution in [0.1, 0.15) is 26.7 Å². The van der Waals surface area contributed by atoms with E-state index in [0.29, 0.717) is 23.4 Å². The minimum Gasteiger partial charge on any atom is -0.372 e. The first-order chi connectivity index (χ1) is 9.26. The Hall–Kier alpha value is -0.660. The highest BCUT2D eigenvalue weighted by molar-refractivity contribution is 9.10. The molecule has 0 atom stereocenters. The van der Waals surface area contributed by atoms with Crippen molar-refractivity contribution in [1.29, 1.82) is 0 Å². The zero-order chi connectivity index (χ0) is 15.0. The molecule has 0 unspecified atom stereocenters. The molecule has 0 aliphatic carbocycles. The second kappa shape index (κ2) is 5.61. The molecule has 1 aromatic rings. The highest BCUT2D eigenvalue weighted by Crippen LogP contribution is 2.33. The van der Waals surface area contributed by atoms with Gasteiger partial charge in [-0.05, 0) is 40.3 Å². The average Bonchev–Trinajstić information content (AvgIpc) is 2.37. The number of halogens is 1. The smallest absolute Gasteiger partial charge is 0.246 e. The molecule has 0 aromatic carbocycles. The lowest BCUT2D eigenvalue weighted by Crippen LogP contribution is -2.43. The monoisotopic (exact) mass is 361 g/mol. The first-order valence-electron chi connectivity index (χ1n) is 6.60. The van der Waals surface area contributed by atoms with Crippen LogP contribution in [0.5, 0.6) is 0 Å². The molecule has 0 spiro atoms. The number of pyridine rings is 1. The van der Waals surface area contributed by atoms with Gasteiger partial charge in [0.05, 0.1) is 0 Å². The van der Waals surface area contributed by atoms with Gasteiger partial charge in [-0.15, -0.1) is 0 Å². The Balaban J connectivity index is 2.42. The molecule has 0 radical (unpaired) electrons. The summed E-state index contributed by atoms with van der Waals surface area (Å²) < 4.78 is 27.9. The molecule has 1 aliphatic heterocycles. The molecule has 112 valence electrons. The molecular formula is C13H20BrN3O2S. The number of rotatable bonds is 3. The minimum absolute atomic E-state index is 0.0184. The number of aromatic nitrogens is 1. The molecule has 1 aromatic heterocycles.